The van der Waals surface area contributed by atoms with Crippen LogP contribution in [-0.2, 0) is 0 Å². The standard InChI is InChI=1S/C25H20ClN3O2S2/c1-30-20-8-3-2-7-19(20)29-24(23(28-25(29)32)18-6-4-5-15-27-18)21-13-14-22(31-21)33-17-11-9-16(26)10-12-17/h2-15,23-24H,1H3,(H,28,32)/t23-,24+/m0/s1. The lowest BCUT2D eigenvalue weighted by atomic mass is 10.0. The summed E-state index contributed by atoms with van der Waals surface area (Å²) < 4.78 is 12.0. The van der Waals surface area contributed by atoms with Gasteiger partial charge in [-0.2, -0.15) is 0 Å². The Morgan fingerprint density at radius 1 is 1.03 bits per heavy atom. The number of anilines is 1. The molecule has 0 amide bonds. The first-order valence-electron chi connectivity index (χ1n) is 10.3. The normalized spacial score (nSPS) is 17.8. The van der Waals surface area contributed by atoms with Crippen LogP contribution in [0.5, 0.6) is 5.75 Å². The first-order valence-corrected chi connectivity index (χ1v) is 11.9. The highest BCUT2D eigenvalue weighted by Crippen LogP contribution is 2.45. The Balaban J connectivity index is 1.55. The highest BCUT2D eigenvalue weighted by atomic mass is 35.5. The van der Waals surface area contributed by atoms with Crippen LogP contribution >= 0.6 is 35.6 Å². The zero-order chi connectivity index (χ0) is 22.8. The molecule has 5 nitrogen and oxygen atoms in total. The number of para-hydroxylation sites is 2. The monoisotopic (exact) mass is 493 g/mol. The first kappa shape index (κ1) is 21.8. The van der Waals surface area contributed by atoms with E-state index in [1.165, 1.54) is 0 Å². The van der Waals surface area contributed by atoms with Crippen molar-refractivity contribution < 1.29 is 9.15 Å². The number of aromatic nitrogens is 1. The fraction of sp³-hybridized carbons (Fsp3) is 0.120. The lowest BCUT2D eigenvalue weighted by Gasteiger charge is -2.27. The van der Waals surface area contributed by atoms with Gasteiger partial charge in [-0.05, 0) is 72.9 Å². The highest BCUT2D eigenvalue weighted by Gasteiger charge is 2.43. The number of pyridine rings is 1. The van der Waals surface area contributed by atoms with Crippen molar-refractivity contribution in [1.82, 2.24) is 10.3 Å². The Morgan fingerprint density at radius 2 is 1.82 bits per heavy atom. The summed E-state index contributed by atoms with van der Waals surface area (Å²) in [5, 5.41) is 5.51. The summed E-state index contributed by atoms with van der Waals surface area (Å²) in [6.45, 7) is 0. The molecule has 0 radical (unpaired) electrons. The van der Waals surface area contributed by atoms with Crippen molar-refractivity contribution >= 4 is 46.4 Å². The predicted octanol–water partition coefficient (Wildman–Crippen LogP) is 6.66. The Labute approximate surface area is 206 Å². The van der Waals surface area contributed by atoms with Crippen molar-refractivity contribution in [3.63, 3.8) is 0 Å². The van der Waals surface area contributed by atoms with E-state index in [-0.39, 0.29) is 12.1 Å². The second kappa shape index (κ2) is 9.47. The summed E-state index contributed by atoms with van der Waals surface area (Å²) in [6, 6.07) is 24.9. The van der Waals surface area contributed by atoms with Gasteiger partial charge in [-0.3, -0.25) is 4.98 Å². The van der Waals surface area contributed by atoms with Crippen molar-refractivity contribution in [2.45, 2.75) is 22.1 Å². The number of furan rings is 1. The summed E-state index contributed by atoms with van der Waals surface area (Å²) in [5.41, 5.74) is 1.75. The molecular weight excluding hydrogens is 474 g/mol. The summed E-state index contributed by atoms with van der Waals surface area (Å²) in [5.74, 6) is 1.51. The molecule has 8 heteroatoms. The van der Waals surface area contributed by atoms with Gasteiger partial charge in [0.05, 0.1) is 24.5 Å². The predicted molar refractivity (Wildman–Crippen MR) is 135 cm³/mol. The minimum absolute atomic E-state index is 0.192. The molecule has 0 aliphatic carbocycles. The molecule has 1 fully saturated rings. The molecule has 166 valence electrons. The first-order chi connectivity index (χ1) is 16.1. The smallest absolute Gasteiger partial charge is 0.174 e. The van der Waals surface area contributed by atoms with E-state index in [0.29, 0.717) is 10.1 Å². The number of rotatable bonds is 6. The lowest BCUT2D eigenvalue weighted by Crippen LogP contribution is -2.29. The fourth-order valence-electron chi connectivity index (χ4n) is 3.90. The zero-order valence-electron chi connectivity index (χ0n) is 17.6. The molecule has 1 aliphatic rings. The van der Waals surface area contributed by atoms with Crippen LogP contribution in [0, 0.1) is 0 Å². The summed E-state index contributed by atoms with van der Waals surface area (Å²) in [7, 11) is 1.66. The van der Waals surface area contributed by atoms with Crippen LogP contribution in [0.2, 0.25) is 5.02 Å². The van der Waals surface area contributed by atoms with Crippen LogP contribution in [0.4, 0.5) is 5.69 Å². The number of halogens is 1. The molecule has 1 saturated heterocycles. The molecule has 2 atom stereocenters. The largest absolute Gasteiger partial charge is 0.495 e. The average molecular weight is 494 g/mol. The fourth-order valence-corrected chi connectivity index (χ4v) is 5.14. The number of hydrogen-bond donors (Lipinski definition) is 1. The van der Waals surface area contributed by atoms with E-state index in [1.54, 1.807) is 25.1 Å². The van der Waals surface area contributed by atoms with Gasteiger partial charge in [-0.1, -0.05) is 41.6 Å². The number of benzene rings is 2. The van der Waals surface area contributed by atoms with Crippen LogP contribution < -0.4 is 15.0 Å². The van der Waals surface area contributed by atoms with Crippen molar-refractivity contribution in [2.75, 3.05) is 12.0 Å². The molecule has 1 N–H and O–H groups in total. The van der Waals surface area contributed by atoms with E-state index in [4.69, 9.17) is 33.0 Å². The maximum Gasteiger partial charge on any atom is 0.174 e. The van der Waals surface area contributed by atoms with Gasteiger partial charge in [0.15, 0.2) is 10.2 Å². The molecule has 0 unspecified atom stereocenters. The van der Waals surface area contributed by atoms with Crippen LogP contribution in [-0.4, -0.2) is 17.2 Å². The van der Waals surface area contributed by atoms with E-state index in [1.807, 2.05) is 83.8 Å². The third kappa shape index (κ3) is 4.44. The molecule has 33 heavy (non-hydrogen) atoms. The number of ether oxygens (including phenoxy) is 1. The lowest BCUT2D eigenvalue weighted by molar-refractivity contribution is 0.380. The van der Waals surface area contributed by atoms with Crippen LogP contribution in [0.1, 0.15) is 23.5 Å². The van der Waals surface area contributed by atoms with Crippen molar-refractivity contribution in [2.24, 2.45) is 0 Å². The number of methoxy groups -OCH3 is 1. The third-order valence-electron chi connectivity index (χ3n) is 5.37. The van der Waals surface area contributed by atoms with Gasteiger partial charge >= 0.3 is 0 Å². The highest BCUT2D eigenvalue weighted by molar-refractivity contribution is 7.99. The second-order valence-corrected chi connectivity index (χ2v) is 9.28. The van der Waals surface area contributed by atoms with Crippen molar-refractivity contribution in [1.29, 1.82) is 0 Å². The minimum atomic E-state index is -0.247. The molecule has 0 saturated carbocycles. The zero-order valence-corrected chi connectivity index (χ0v) is 20.0. The molecule has 1 aliphatic heterocycles. The van der Waals surface area contributed by atoms with Gasteiger partial charge in [-0.15, -0.1) is 0 Å². The topological polar surface area (TPSA) is 50.5 Å². The Hall–Kier alpha value is -3.00. The number of thiocarbonyl (C=S) groups is 1. The quantitative estimate of drug-likeness (QED) is 0.301. The molecule has 5 rings (SSSR count). The molecule has 4 aromatic rings. The second-order valence-electron chi connectivity index (χ2n) is 7.38. The van der Waals surface area contributed by atoms with Gasteiger partial charge < -0.3 is 19.4 Å². The number of nitrogens with one attached hydrogen (secondary N) is 1. The maximum atomic E-state index is 6.35. The van der Waals surface area contributed by atoms with E-state index in [0.717, 1.165) is 32.9 Å². The molecule has 0 spiro atoms. The minimum Gasteiger partial charge on any atom is -0.495 e. The Kier molecular flexibility index (Phi) is 6.26. The van der Waals surface area contributed by atoms with Crippen molar-refractivity contribution in [3.8, 4) is 5.75 Å². The van der Waals surface area contributed by atoms with Gasteiger partial charge in [0.25, 0.3) is 0 Å². The van der Waals surface area contributed by atoms with Gasteiger partial charge in [0, 0.05) is 16.1 Å². The number of hydrogen-bond acceptors (Lipinski definition) is 5. The Morgan fingerprint density at radius 3 is 2.58 bits per heavy atom. The molecule has 2 aromatic heterocycles. The van der Waals surface area contributed by atoms with Gasteiger partial charge in [0.1, 0.15) is 17.6 Å². The van der Waals surface area contributed by atoms with Gasteiger partial charge in [-0.25, -0.2) is 0 Å². The van der Waals surface area contributed by atoms with Crippen molar-refractivity contribution in [3.05, 3.63) is 102 Å². The molecule has 2 aromatic carbocycles. The van der Waals surface area contributed by atoms with Crippen LogP contribution in [0.3, 0.4) is 0 Å². The van der Waals surface area contributed by atoms with E-state index < -0.39 is 0 Å². The van der Waals surface area contributed by atoms with Crippen LogP contribution in [0.25, 0.3) is 0 Å². The summed E-state index contributed by atoms with van der Waals surface area (Å²) in [4.78, 5) is 7.67. The maximum absolute atomic E-state index is 6.35. The van der Waals surface area contributed by atoms with E-state index in [2.05, 4.69) is 10.3 Å². The number of nitrogens with zero attached hydrogens (tertiary/aromatic N) is 2. The van der Waals surface area contributed by atoms with E-state index in [9.17, 15) is 0 Å². The van der Waals surface area contributed by atoms with Gasteiger partial charge in [0.2, 0.25) is 0 Å². The molecule has 3 heterocycles. The average Bonchev–Trinajstić information content (AvgIpc) is 3.45. The summed E-state index contributed by atoms with van der Waals surface area (Å²) >= 11 is 13.3. The molecular formula is C25H20ClN3O2S2. The molecule has 0 bridgehead atoms. The van der Waals surface area contributed by atoms with E-state index >= 15 is 0 Å². The third-order valence-corrected chi connectivity index (χ3v) is 6.86. The van der Waals surface area contributed by atoms with Crippen LogP contribution in [0.15, 0.2) is 99.5 Å². The SMILES string of the molecule is COc1ccccc1N1C(=S)N[C@@H](c2ccccn2)[C@H]1c1ccc(Sc2ccc(Cl)cc2)o1. The Bertz CT molecular complexity index is 1260. The summed E-state index contributed by atoms with van der Waals surface area (Å²) in [6.07, 6.45) is 1.78.